The fourth-order valence-electron chi connectivity index (χ4n) is 3.40. The van der Waals surface area contributed by atoms with Crippen LogP contribution in [0.2, 0.25) is 0 Å². The molecule has 0 unspecified atom stereocenters. The molecule has 0 radical (unpaired) electrons. The zero-order chi connectivity index (χ0) is 21.3. The molecule has 30 heavy (non-hydrogen) atoms. The van der Waals surface area contributed by atoms with Gasteiger partial charge in [0.25, 0.3) is 5.56 Å². The maximum Gasteiger partial charge on any atom is 0.264 e. The Bertz CT molecular complexity index is 1310. The maximum atomic E-state index is 13.4. The molecular weight excluding hydrogens is 382 g/mol. The van der Waals surface area contributed by atoms with Gasteiger partial charge in [0.05, 0.1) is 28.2 Å². The van der Waals surface area contributed by atoms with Crippen LogP contribution in [-0.2, 0) is 0 Å². The SMILES string of the molecule is CC(=Nc1cccc(N(O)O)c1)c1c([O-])c2ccccc2n(-c2ccccc2)c1=O. The first-order chi connectivity index (χ1) is 14.5. The van der Waals surface area contributed by atoms with Gasteiger partial charge >= 0.3 is 0 Å². The molecule has 3 aromatic carbocycles. The molecule has 150 valence electrons. The number of pyridine rings is 1. The van der Waals surface area contributed by atoms with Gasteiger partial charge in [0.2, 0.25) is 0 Å². The van der Waals surface area contributed by atoms with Gasteiger partial charge in [-0.05, 0) is 48.7 Å². The lowest BCUT2D eigenvalue weighted by molar-refractivity contribution is -0.266. The van der Waals surface area contributed by atoms with Gasteiger partial charge in [0.15, 0.2) is 0 Å². The van der Waals surface area contributed by atoms with Gasteiger partial charge in [-0.2, -0.15) is 0 Å². The minimum atomic E-state index is -0.465. The molecule has 1 heterocycles. The molecule has 0 aliphatic carbocycles. The first kappa shape index (κ1) is 19.4. The molecule has 0 atom stereocenters. The number of aliphatic imine (C=N–C) groups is 1. The molecule has 7 heteroatoms. The maximum absolute atomic E-state index is 13.4. The molecular formula is C23H18N3O4-. The van der Waals surface area contributed by atoms with E-state index in [0.29, 0.717) is 22.3 Å². The molecule has 0 saturated carbocycles. The number of aromatic nitrogens is 1. The highest BCUT2D eigenvalue weighted by molar-refractivity contribution is 6.06. The molecule has 0 aliphatic rings. The lowest BCUT2D eigenvalue weighted by Gasteiger charge is -2.20. The van der Waals surface area contributed by atoms with E-state index in [9.17, 15) is 20.3 Å². The number of fused-ring (bicyclic) bond motifs is 1. The van der Waals surface area contributed by atoms with Crippen LogP contribution in [0.5, 0.6) is 5.75 Å². The van der Waals surface area contributed by atoms with E-state index in [4.69, 9.17) is 0 Å². The first-order valence-corrected chi connectivity index (χ1v) is 9.21. The molecule has 7 nitrogen and oxygen atoms in total. The lowest BCUT2D eigenvalue weighted by atomic mass is 10.1. The number of hydrogen-bond donors (Lipinski definition) is 2. The number of para-hydroxylation sites is 2. The Labute approximate surface area is 171 Å². The number of hydrogen-bond acceptors (Lipinski definition) is 6. The molecule has 4 rings (SSSR count). The normalized spacial score (nSPS) is 11.6. The van der Waals surface area contributed by atoms with Gasteiger partial charge in [-0.15, -0.1) is 5.23 Å². The van der Waals surface area contributed by atoms with Crippen molar-refractivity contribution in [1.29, 1.82) is 0 Å². The van der Waals surface area contributed by atoms with E-state index in [-0.39, 0.29) is 22.2 Å². The predicted molar refractivity (Wildman–Crippen MR) is 113 cm³/mol. The van der Waals surface area contributed by atoms with Crippen molar-refractivity contribution in [2.24, 2.45) is 4.99 Å². The number of benzene rings is 3. The van der Waals surface area contributed by atoms with E-state index in [0.717, 1.165) is 0 Å². The summed E-state index contributed by atoms with van der Waals surface area (Å²) in [5.41, 5.74) is 1.38. The van der Waals surface area contributed by atoms with E-state index in [1.165, 1.54) is 16.7 Å². The van der Waals surface area contributed by atoms with Gasteiger partial charge in [0.1, 0.15) is 0 Å². The van der Waals surface area contributed by atoms with E-state index >= 15 is 0 Å². The summed E-state index contributed by atoms with van der Waals surface area (Å²) in [7, 11) is 0. The van der Waals surface area contributed by atoms with Crippen LogP contribution in [0.1, 0.15) is 12.5 Å². The van der Waals surface area contributed by atoms with Crippen LogP contribution in [0.15, 0.2) is 88.6 Å². The van der Waals surface area contributed by atoms with Crippen molar-refractivity contribution in [2.45, 2.75) is 6.92 Å². The lowest BCUT2D eigenvalue weighted by Crippen LogP contribution is -2.27. The highest BCUT2D eigenvalue weighted by Gasteiger charge is 2.15. The number of anilines is 1. The summed E-state index contributed by atoms with van der Waals surface area (Å²) in [6.45, 7) is 1.59. The van der Waals surface area contributed by atoms with Crippen LogP contribution in [0, 0.1) is 0 Å². The Hall–Kier alpha value is -3.94. The van der Waals surface area contributed by atoms with E-state index in [2.05, 4.69) is 4.99 Å². The van der Waals surface area contributed by atoms with E-state index in [1.807, 2.05) is 18.2 Å². The average Bonchev–Trinajstić information content (AvgIpc) is 2.75. The van der Waals surface area contributed by atoms with Crippen molar-refractivity contribution in [3.05, 3.63) is 94.8 Å². The summed E-state index contributed by atoms with van der Waals surface area (Å²) in [5, 5.41) is 32.0. The van der Waals surface area contributed by atoms with Crippen LogP contribution in [0.4, 0.5) is 11.4 Å². The molecule has 2 N–H and O–H groups in total. The molecule has 0 saturated heterocycles. The van der Waals surface area contributed by atoms with Gasteiger partial charge in [-0.3, -0.25) is 24.8 Å². The Kier molecular flexibility index (Phi) is 5.05. The summed E-state index contributed by atoms with van der Waals surface area (Å²) >= 11 is 0. The van der Waals surface area contributed by atoms with Crippen molar-refractivity contribution in [3.8, 4) is 11.4 Å². The second-order valence-corrected chi connectivity index (χ2v) is 6.70. The van der Waals surface area contributed by atoms with Crippen molar-refractivity contribution < 1.29 is 15.5 Å². The molecule has 0 spiro atoms. The fraction of sp³-hybridized carbons (Fsp3) is 0.0435. The second kappa shape index (κ2) is 7.82. The highest BCUT2D eigenvalue weighted by Crippen LogP contribution is 2.27. The predicted octanol–water partition coefficient (Wildman–Crippen LogP) is 3.79. The highest BCUT2D eigenvalue weighted by atomic mass is 16.8. The number of nitrogens with zero attached hydrogens (tertiary/aromatic N) is 3. The van der Waals surface area contributed by atoms with Crippen LogP contribution in [0.3, 0.4) is 0 Å². The third-order valence-electron chi connectivity index (χ3n) is 4.77. The van der Waals surface area contributed by atoms with Gasteiger partial charge in [-0.25, -0.2) is 0 Å². The van der Waals surface area contributed by atoms with Gasteiger partial charge in [-0.1, -0.05) is 48.2 Å². The van der Waals surface area contributed by atoms with Crippen molar-refractivity contribution in [1.82, 2.24) is 4.57 Å². The standard InChI is InChI=1S/C23H19N3O4/c1-15(24-16-8-7-11-18(14-16)26(29)30)21-22(27)19-12-5-6-13-20(19)25(23(21)28)17-9-3-2-4-10-17/h2-14,27,29-30H,1H3/p-1. The smallest absolute Gasteiger partial charge is 0.264 e. The monoisotopic (exact) mass is 400 g/mol. The van der Waals surface area contributed by atoms with Crippen molar-refractivity contribution in [2.75, 3.05) is 5.23 Å². The van der Waals surface area contributed by atoms with Crippen LogP contribution in [-0.4, -0.2) is 20.7 Å². The van der Waals surface area contributed by atoms with E-state index in [1.54, 1.807) is 55.5 Å². The minimum Gasteiger partial charge on any atom is -0.871 e. The van der Waals surface area contributed by atoms with Crippen LogP contribution >= 0.6 is 0 Å². The zero-order valence-corrected chi connectivity index (χ0v) is 16.1. The molecule has 0 bridgehead atoms. The molecule has 0 fully saturated rings. The summed E-state index contributed by atoms with van der Waals surface area (Å²) in [5.74, 6) is -0.397. The van der Waals surface area contributed by atoms with Crippen LogP contribution in [0.25, 0.3) is 16.6 Å². The summed E-state index contributed by atoms with van der Waals surface area (Å²) in [4.78, 5) is 17.8. The second-order valence-electron chi connectivity index (χ2n) is 6.70. The van der Waals surface area contributed by atoms with Crippen LogP contribution < -0.4 is 15.9 Å². The Morgan fingerprint density at radius 3 is 2.40 bits per heavy atom. The van der Waals surface area contributed by atoms with Gasteiger partial charge < -0.3 is 5.11 Å². The number of rotatable bonds is 4. The third-order valence-corrected chi connectivity index (χ3v) is 4.77. The Morgan fingerprint density at radius 1 is 0.967 bits per heavy atom. The fourth-order valence-corrected chi connectivity index (χ4v) is 3.40. The zero-order valence-electron chi connectivity index (χ0n) is 16.1. The van der Waals surface area contributed by atoms with Gasteiger partial charge in [0, 0.05) is 5.69 Å². The first-order valence-electron chi connectivity index (χ1n) is 9.21. The molecule has 0 aliphatic heterocycles. The molecule has 0 amide bonds. The summed E-state index contributed by atoms with van der Waals surface area (Å²) in [6.07, 6.45) is 0. The largest absolute Gasteiger partial charge is 0.871 e. The third kappa shape index (κ3) is 3.43. The summed E-state index contributed by atoms with van der Waals surface area (Å²) in [6, 6.07) is 22.2. The molecule has 1 aromatic heterocycles. The molecule has 4 aromatic rings. The average molecular weight is 400 g/mol. The Balaban J connectivity index is 1.98. The summed E-state index contributed by atoms with van der Waals surface area (Å²) < 4.78 is 1.50. The minimum absolute atomic E-state index is 0.0220. The van der Waals surface area contributed by atoms with Crippen molar-refractivity contribution >= 4 is 28.0 Å². The van der Waals surface area contributed by atoms with E-state index < -0.39 is 11.3 Å². The quantitative estimate of drug-likeness (QED) is 0.401. The topological polar surface area (TPSA) is 101 Å². The Morgan fingerprint density at radius 2 is 1.67 bits per heavy atom. The van der Waals surface area contributed by atoms with Crippen molar-refractivity contribution in [3.63, 3.8) is 0 Å².